The van der Waals surface area contributed by atoms with Crippen molar-refractivity contribution < 1.29 is 13.2 Å². The smallest absolute Gasteiger partial charge is 0.241 e. The summed E-state index contributed by atoms with van der Waals surface area (Å²) in [5, 5.41) is 1.54. The van der Waals surface area contributed by atoms with Gasteiger partial charge in [0.2, 0.25) is 10.0 Å². The van der Waals surface area contributed by atoms with Crippen LogP contribution in [0.2, 0.25) is 0 Å². The summed E-state index contributed by atoms with van der Waals surface area (Å²) in [5.41, 5.74) is 4.06. The van der Waals surface area contributed by atoms with Gasteiger partial charge in [0.1, 0.15) is 5.75 Å². The van der Waals surface area contributed by atoms with E-state index in [1.165, 1.54) is 16.7 Å². The number of aromatic nitrogens is 1. The van der Waals surface area contributed by atoms with E-state index in [0.717, 1.165) is 56.5 Å². The molecule has 0 radical (unpaired) electrons. The Morgan fingerprint density at radius 3 is 2.82 bits per heavy atom. The third-order valence-electron chi connectivity index (χ3n) is 6.77. The molecule has 1 saturated heterocycles. The topological polar surface area (TPSA) is 71.5 Å². The van der Waals surface area contributed by atoms with Crippen LogP contribution in [-0.4, -0.2) is 51.1 Å². The first kappa shape index (κ1) is 22.1. The Morgan fingerprint density at radius 1 is 1.15 bits per heavy atom. The van der Waals surface area contributed by atoms with Crippen molar-refractivity contribution in [1.29, 1.82) is 0 Å². The largest absolute Gasteiger partial charge is 0.497 e. The molecule has 6 nitrogen and oxygen atoms in total. The van der Waals surface area contributed by atoms with Gasteiger partial charge in [0.15, 0.2) is 0 Å². The summed E-state index contributed by atoms with van der Waals surface area (Å²) >= 11 is 0. The molecule has 1 aromatic heterocycles. The van der Waals surface area contributed by atoms with Crippen LogP contribution in [0.25, 0.3) is 16.3 Å². The van der Waals surface area contributed by atoms with E-state index >= 15 is 0 Å². The number of methoxy groups -OCH3 is 1. The number of fused-ring (bicyclic) bond motifs is 2. The van der Waals surface area contributed by atoms with Crippen LogP contribution >= 0.6 is 0 Å². The van der Waals surface area contributed by atoms with Crippen LogP contribution in [0.4, 0.5) is 0 Å². The Morgan fingerprint density at radius 2 is 2.00 bits per heavy atom. The van der Waals surface area contributed by atoms with Gasteiger partial charge in [0, 0.05) is 35.8 Å². The highest BCUT2D eigenvalue weighted by Gasteiger charge is 2.26. The van der Waals surface area contributed by atoms with Crippen molar-refractivity contribution >= 4 is 26.4 Å². The second kappa shape index (κ2) is 9.25. The van der Waals surface area contributed by atoms with E-state index < -0.39 is 10.0 Å². The number of likely N-dealkylation sites (tertiary alicyclic amines) is 1. The minimum Gasteiger partial charge on any atom is -0.497 e. The number of benzene rings is 2. The summed E-state index contributed by atoms with van der Waals surface area (Å²) < 4.78 is 34.5. The number of sulfonamides is 1. The maximum Gasteiger partial charge on any atom is 0.241 e. The second-order valence-electron chi connectivity index (χ2n) is 8.80. The van der Waals surface area contributed by atoms with E-state index in [4.69, 9.17) is 4.74 Å². The average molecular weight is 464 g/mol. The molecule has 0 unspecified atom stereocenters. The molecule has 1 fully saturated rings. The Kier molecular flexibility index (Phi) is 6.19. The molecule has 3 aromatic rings. The van der Waals surface area contributed by atoms with Crippen LogP contribution in [0.15, 0.2) is 65.8 Å². The summed E-state index contributed by atoms with van der Waals surface area (Å²) in [7, 11) is -1.88. The van der Waals surface area contributed by atoms with Crippen molar-refractivity contribution in [3.63, 3.8) is 0 Å². The van der Waals surface area contributed by atoms with E-state index in [0.29, 0.717) is 10.3 Å². The summed E-state index contributed by atoms with van der Waals surface area (Å²) in [6, 6.07) is 13.4. The Bertz CT molecular complexity index is 1290. The number of nitrogens with zero attached hydrogens (tertiary/aromatic N) is 2. The summed E-state index contributed by atoms with van der Waals surface area (Å²) in [4.78, 5) is 6.86. The lowest BCUT2D eigenvalue weighted by Gasteiger charge is -2.32. The molecule has 1 N–H and O–H groups in total. The van der Waals surface area contributed by atoms with Gasteiger partial charge in [-0.2, -0.15) is 0 Å². The monoisotopic (exact) mass is 463 g/mol. The minimum absolute atomic E-state index is 0.0426. The van der Waals surface area contributed by atoms with E-state index in [9.17, 15) is 8.42 Å². The first-order valence-corrected chi connectivity index (χ1v) is 13.0. The first-order chi connectivity index (χ1) is 16.0. The average Bonchev–Trinajstić information content (AvgIpc) is 3.25. The molecular weight excluding hydrogens is 434 g/mol. The van der Waals surface area contributed by atoms with Gasteiger partial charge in [-0.15, -0.1) is 0 Å². The molecule has 0 spiro atoms. The molecule has 33 heavy (non-hydrogen) atoms. The van der Waals surface area contributed by atoms with Gasteiger partial charge >= 0.3 is 0 Å². The van der Waals surface area contributed by atoms with Crippen LogP contribution in [0.3, 0.4) is 0 Å². The molecule has 1 aliphatic carbocycles. The van der Waals surface area contributed by atoms with Crippen molar-refractivity contribution in [3.8, 4) is 5.75 Å². The van der Waals surface area contributed by atoms with E-state index in [1.54, 1.807) is 37.7 Å². The lowest BCUT2D eigenvalue weighted by molar-refractivity contribution is 0.211. The number of hydrogen-bond donors (Lipinski definition) is 1. The Balaban J connectivity index is 1.17. The molecule has 2 aliphatic rings. The quantitative estimate of drug-likeness (QED) is 0.573. The number of hydrogen-bond acceptors (Lipinski definition) is 5. The highest BCUT2D eigenvalue weighted by atomic mass is 32.2. The van der Waals surface area contributed by atoms with Crippen LogP contribution in [0.1, 0.15) is 30.4 Å². The maximum absolute atomic E-state index is 13.1. The lowest BCUT2D eigenvalue weighted by Crippen LogP contribution is -2.44. The Hall–Kier alpha value is -2.74. The normalized spacial score (nSPS) is 17.2. The molecule has 5 rings (SSSR count). The Labute approximate surface area is 195 Å². The van der Waals surface area contributed by atoms with Crippen LogP contribution in [-0.2, 0) is 16.4 Å². The third-order valence-corrected chi connectivity index (χ3v) is 8.35. The van der Waals surface area contributed by atoms with Gasteiger partial charge in [-0.05, 0) is 79.7 Å². The van der Waals surface area contributed by atoms with Crippen molar-refractivity contribution in [2.45, 2.75) is 36.6 Å². The SMILES string of the molecule is COc1ccc2c(c1)C(CCN1CCC(NS(=O)(=O)c3cccc4cnccc34)CC1)=CC2. The third kappa shape index (κ3) is 4.67. The first-order valence-electron chi connectivity index (χ1n) is 11.5. The summed E-state index contributed by atoms with van der Waals surface area (Å²) in [6.45, 7) is 2.77. The minimum atomic E-state index is -3.59. The van der Waals surface area contributed by atoms with E-state index in [1.807, 2.05) is 12.1 Å². The molecular formula is C26H29N3O3S. The molecule has 2 heterocycles. The number of piperidine rings is 1. The van der Waals surface area contributed by atoms with Crippen LogP contribution < -0.4 is 9.46 Å². The number of allylic oxidation sites excluding steroid dienone is 1. The highest BCUT2D eigenvalue weighted by Crippen LogP contribution is 2.33. The number of pyridine rings is 1. The van der Waals surface area contributed by atoms with Gasteiger partial charge in [0.25, 0.3) is 0 Å². The van der Waals surface area contributed by atoms with Gasteiger partial charge in [0.05, 0.1) is 12.0 Å². The lowest BCUT2D eigenvalue weighted by atomic mass is 10.0. The van der Waals surface area contributed by atoms with E-state index in [-0.39, 0.29) is 6.04 Å². The van der Waals surface area contributed by atoms with Gasteiger partial charge < -0.3 is 9.64 Å². The predicted molar refractivity (Wildman–Crippen MR) is 131 cm³/mol. The molecule has 0 amide bonds. The fraction of sp³-hybridized carbons (Fsp3) is 0.346. The number of nitrogens with one attached hydrogen (secondary N) is 1. The second-order valence-corrected chi connectivity index (χ2v) is 10.5. The number of ether oxygens (including phenoxy) is 1. The molecule has 1 aliphatic heterocycles. The van der Waals surface area contributed by atoms with Crippen molar-refractivity contribution in [2.75, 3.05) is 26.7 Å². The van der Waals surface area contributed by atoms with Gasteiger partial charge in [-0.3, -0.25) is 4.98 Å². The zero-order valence-electron chi connectivity index (χ0n) is 18.8. The molecule has 2 aromatic carbocycles. The van der Waals surface area contributed by atoms with E-state index in [2.05, 4.69) is 32.8 Å². The highest BCUT2D eigenvalue weighted by molar-refractivity contribution is 7.89. The van der Waals surface area contributed by atoms with Crippen molar-refractivity contribution in [2.24, 2.45) is 0 Å². The predicted octanol–water partition coefficient (Wildman–Crippen LogP) is 4.02. The molecule has 7 heteroatoms. The zero-order chi connectivity index (χ0) is 22.8. The molecule has 0 atom stereocenters. The number of rotatable bonds is 7. The maximum atomic E-state index is 13.1. The summed E-state index contributed by atoms with van der Waals surface area (Å²) in [6.07, 6.45) is 9.27. The standard InChI is InChI=1S/C26H29N3O3S/c1-32-23-8-7-19-5-6-20(25(19)17-23)10-14-29-15-11-22(12-16-29)28-33(30,31)26-4-2-3-21-18-27-13-9-24(21)26/h2-4,6-9,13,17-18,22,28H,5,10-12,14-16H2,1H3. The van der Waals surface area contributed by atoms with Gasteiger partial charge in [-0.25, -0.2) is 13.1 Å². The van der Waals surface area contributed by atoms with Crippen LogP contribution in [0, 0.1) is 0 Å². The fourth-order valence-corrected chi connectivity index (χ4v) is 6.44. The molecule has 0 saturated carbocycles. The summed E-state index contributed by atoms with van der Waals surface area (Å²) in [5.74, 6) is 0.900. The van der Waals surface area contributed by atoms with Gasteiger partial charge in [-0.1, -0.05) is 24.3 Å². The molecule has 172 valence electrons. The molecule has 0 bridgehead atoms. The van der Waals surface area contributed by atoms with Crippen molar-refractivity contribution in [1.82, 2.24) is 14.6 Å². The fourth-order valence-electron chi connectivity index (χ4n) is 4.90. The van der Waals surface area contributed by atoms with Crippen LogP contribution in [0.5, 0.6) is 5.75 Å². The zero-order valence-corrected chi connectivity index (χ0v) is 19.6. The van der Waals surface area contributed by atoms with Crippen molar-refractivity contribution in [3.05, 3.63) is 72.1 Å².